The molecule has 1 aromatic heterocycles. The van der Waals surface area contributed by atoms with Crippen molar-refractivity contribution in [2.75, 3.05) is 20.1 Å². The van der Waals surface area contributed by atoms with Gasteiger partial charge in [0, 0.05) is 19.3 Å². The van der Waals surface area contributed by atoms with Crippen molar-refractivity contribution in [3.8, 4) is 0 Å². The molecule has 0 spiro atoms. The highest BCUT2D eigenvalue weighted by Gasteiger charge is 2.16. The summed E-state index contributed by atoms with van der Waals surface area (Å²) in [4.78, 5) is 3.94. The van der Waals surface area contributed by atoms with Crippen molar-refractivity contribution < 1.29 is 8.42 Å². The lowest BCUT2D eigenvalue weighted by atomic mass is 10.2. The largest absolute Gasteiger partial charge is 0.336 e. The van der Waals surface area contributed by atoms with Gasteiger partial charge in [-0.05, 0) is 25.9 Å². The van der Waals surface area contributed by atoms with Gasteiger partial charge in [0.25, 0.3) is 10.0 Å². The second-order valence-corrected chi connectivity index (χ2v) is 6.37. The number of aromatic nitrogens is 2. The van der Waals surface area contributed by atoms with Gasteiger partial charge in [-0.3, -0.25) is 0 Å². The smallest absolute Gasteiger partial charge is 0.259 e. The van der Waals surface area contributed by atoms with Gasteiger partial charge in [0.1, 0.15) is 0 Å². The first-order chi connectivity index (χ1) is 8.45. The Labute approximate surface area is 121 Å². The molecule has 0 aromatic carbocycles. The summed E-state index contributed by atoms with van der Waals surface area (Å²) in [6, 6.07) is 0. The van der Waals surface area contributed by atoms with Crippen LogP contribution in [0.3, 0.4) is 0 Å². The molecule has 0 aliphatic heterocycles. The molecule has 0 aliphatic carbocycles. The number of hydrogen-bond donors (Lipinski definition) is 2. The number of nitrogens with zero attached hydrogens (tertiary/aromatic N) is 2. The number of halogens is 1. The maximum absolute atomic E-state index is 11.9. The fourth-order valence-corrected chi connectivity index (χ4v) is 2.57. The van der Waals surface area contributed by atoms with Crippen molar-refractivity contribution in [1.82, 2.24) is 19.6 Å². The van der Waals surface area contributed by atoms with Crippen LogP contribution in [-0.2, 0) is 16.6 Å². The maximum atomic E-state index is 11.9. The highest BCUT2D eigenvalue weighted by Crippen LogP contribution is 2.07. The molecule has 1 heterocycles. The van der Waals surface area contributed by atoms with Crippen molar-refractivity contribution in [3.63, 3.8) is 0 Å². The molecule has 2 N–H and O–H groups in total. The highest BCUT2D eigenvalue weighted by molar-refractivity contribution is 7.89. The molecule has 1 aromatic rings. The van der Waals surface area contributed by atoms with Gasteiger partial charge in [-0.2, -0.15) is 0 Å². The SMILES string of the molecule is CNCCCNS(=O)(=O)c1cn(CC(C)C)cn1.Cl. The normalized spacial score (nSPS) is 11.6. The molecule has 0 radical (unpaired) electrons. The van der Waals surface area contributed by atoms with Crippen molar-refractivity contribution in [2.24, 2.45) is 5.92 Å². The summed E-state index contributed by atoms with van der Waals surface area (Å²) in [5.41, 5.74) is 0. The molecule has 19 heavy (non-hydrogen) atoms. The van der Waals surface area contributed by atoms with Gasteiger partial charge >= 0.3 is 0 Å². The van der Waals surface area contributed by atoms with E-state index in [1.54, 1.807) is 17.1 Å². The van der Waals surface area contributed by atoms with E-state index in [0.717, 1.165) is 19.5 Å². The molecule has 8 heteroatoms. The summed E-state index contributed by atoms with van der Waals surface area (Å²) in [6.45, 7) is 6.11. The van der Waals surface area contributed by atoms with Crippen LogP contribution in [0.15, 0.2) is 17.6 Å². The van der Waals surface area contributed by atoms with E-state index in [9.17, 15) is 8.42 Å². The number of nitrogens with one attached hydrogen (secondary N) is 2. The number of sulfonamides is 1. The average Bonchev–Trinajstić information content (AvgIpc) is 2.73. The van der Waals surface area contributed by atoms with Gasteiger partial charge in [0.15, 0.2) is 5.03 Å². The molecule has 0 unspecified atom stereocenters. The van der Waals surface area contributed by atoms with Crippen LogP contribution in [0.1, 0.15) is 20.3 Å². The molecule has 0 amide bonds. The first-order valence-electron chi connectivity index (χ1n) is 6.11. The Bertz CT molecular complexity index is 459. The number of imidazole rings is 1. The fraction of sp³-hybridized carbons (Fsp3) is 0.727. The molecule has 0 atom stereocenters. The van der Waals surface area contributed by atoms with Crippen LogP contribution in [0.25, 0.3) is 0 Å². The molecular weight excluding hydrogens is 288 g/mol. The lowest BCUT2D eigenvalue weighted by Crippen LogP contribution is -2.27. The Morgan fingerprint density at radius 1 is 1.37 bits per heavy atom. The Morgan fingerprint density at radius 3 is 2.63 bits per heavy atom. The van der Waals surface area contributed by atoms with Crippen molar-refractivity contribution in [2.45, 2.75) is 31.8 Å². The average molecular weight is 311 g/mol. The quantitative estimate of drug-likeness (QED) is 0.698. The minimum atomic E-state index is -3.47. The van der Waals surface area contributed by atoms with E-state index >= 15 is 0 Å². The first-order valence-corrected chi connectivity index (χ1v) is 7.60. The Hall–Kier alpha value is -0.630. The molecule has 0 saturated carbocycles. The third-order valence-electron chi connectivity index (χ3n) is 2.36. The summed E-state index contributed by atoms with van der Waals surface area (Å²) >= 11 is 0. The van der Waals surface area contributed by atoms with Crippen LogP contribution in [0.2, 0.25) is 0 Å². The molecule has 1 rings (SSSR count). The van der Waals surface area contributed by atoms with Crippen LogP contribution >= 0.6 is 12.4 Å². The summed E-state index contributed by atoms with van der Waals surface area (Å²) < 4.78 is 28.1. The predicted octanol–water partition coefficient (Wildman–Crippen LogP) is 0.849. The Balaban J connectivity index is 0.00000324. The molecular formula is C11H23ClN4O2S. The third-order valence-corrected chi connectivity index (χ3v) is 3.70. The summed E-state index contributed by atoms with van der Waals surface area (Å²) in [7, 11) is -1.63. The molecule has 0 aliphatic rings. The van der Waals surface area contributed by atoms with Gasteiger partial charge in [0.05, 0.1) is 6.33 Å². The van der Waals surface area contributed by atoms with Gasteiger partial charge in [0.2, 0.25) is 0 Å². The van der Waals surface area contributed by atoms with Gasteiger partial charge in [-0.15, -0.1) is 12.4 Å². The minimum absolute atomic E-state index is 0. The zero-order valence-corrected chi connectivity index (χ0v) is 13.2. The summed E-state index contributed by atoms with van der Waals surface area (Å²) in [5.74, 6) is 0.457. The summed E-state index contributed by atoms with van der Waals surface area (Å²) in [5, 5.41) is 3.06. The second-order valence-electron chi connectivity index (χ2n) is 4.66. The highest BCUT2D eigenvalue weighted by atomic mass is 35.5. The summed E-state index contributed by atoms with van der Waals surface area (Å²) in [6.07, 6.45) is 3.88. The van der Waals surface area contributed by atoms with Crippen molar-refractivity contribution >= 4 is 22.4 Å². The van der Waals surface area contributed by atoms with E-state index in [4.69, 9.17) is 0 Å². The van der Waals surface area contributed by atoms with Crippen LogP contribution in [0.5, 0.6) is 0 Å². The molecule has 0 bridgehead atoms. The number of rotatable bonds is 8. The van der Waals surface area contributed by atoms with E-state index in [2.05, 4.69) is 28.9 Å². The van der Waals surface area contributed by atoms with Crippen LogP contribution in [0, 0.1) is 5.92 Å². The lowest BCUT2D eigenvalue weighted by Gasteiger charge is -2.05. The van der Waals surface area contributed by atoms with E-state index in [1.165, 1.54) is 0 Å². The first kappa shape index (κ1) is 18.4. The van der Waals surface area contributed by atoms with Gasteiger partial charge in [-0.25, -0.2) is 18.1 Å². The monoisotopic (exact) mass is 310 g/mol. The second kappa shape index (κ2) is 8.52. The van der Waals surface area contributed by atoms with E-state index < -0.39 is 10.0 Å². The van der Waals surface area contributed by atoms with E-state index in [-0.39, 0.29) is 17.4 Å². The standard InChI is InChI=1S/C11H22N4O2S.ClH/c1-10(2)7-15-8-11(13-9-15)18(16,17)14-6-4-5-12-3;/h8-10,12,14H,4-7H2,1-3H3;1H. The van der Waals surface area contributed by atoms with Crippen LogP contribution in [-0.4, -0.2) is 38.1 Å². The Kier molecular flexibility index (Phi) is 8.24. The van der Waals surface area contributed by atoms with Gasteiger partial charge in [-0.1, -0.05) is 13.8 Å². The molecule has 0 fully saturated rings. The zero-order valence-electron chi connectivity index (χ0n) is 11.6. The van der Waals surface area contributed by atoms with Crippen LogP contribution in [0.4, 0.5) is 0 Å². The van der Waals surface area contributed by atoms with Crippen molar-refractivity contribution in [1.29, 1.82) is 0 Å². The Morgan fingerprint density at radius 2 is 2.05 bits per heavy atom. The van der Waals surface area contributed by atoms with Gasteiger partial charge < -0.3 is 9.88 Å². The maximum Gasteiger partial charge on any atom is 0.259 e. The number of hydrogen-bond acceptors (Lipinski definition) is 4. The van der Waals surface area contributed by atoms with Crippen LogP contribution < -0.4 is 10.0 Å². The fourth-order valence-electron chi connectivity index (χ4n) is 1.55. The lowest BCUT2D eigenvalue weighted by molar-refractivity contribution is 0.521. The molecule has 112 valence electrons. The third kappa shape index (κ3) is 6.38. The minimum Gasteiger partial charge on any atom is -0.336 e. The topological polar surface area (TPSA) is 76.0 Å². The van der Waals surface area contributed by atoms with E-state index in [0.29, 0.717) is 12.5 Å². The molecule has 6 nitrogen and oxygen atoms in total. The molecule has 0 saturated heterocycles. The zero-order chi connectivity index (χ0) is 13.6. The van der Waals surface area contributed by atoms with E-state index in [1.807, 2.05) is 7.05 Å². The predicted molar refractivity (Wildman–Crippen MR) is 78.0 cm³/mol. The van der Waals surface area contributed by atoms with Crippen molar-refractivity contribution in [3.05, 3.63) is 12.5 Å².